The van der Waals surface area contributed by atoms with E-state index in [9.17, 15) is 0 Å². The van der Waals surface area contributed by atoms with Crippen molar-refractivity contribution in [3.63, 3.8) is 0 Å². The topological polar surface area (TPSA) is 24.9 Å². The third-order valence-corrected chi connectivity index (χ3v) is 8.72. The van der Waals surface area contributed by atoms with E-state index < -0.39 is 8.56 Å². The zero-order valence-electron chi connectivity index (χ0n) is 16.2. The van der Waals surface area contributed by atoms with Crippen LogP contribution in [-0.2, 0) is 8.85 Å². The summed E-state index contributed by atoms with van der Waals surface area (Å²) in [5.41, 5.74) is 1.15. The van der Waals surface area contributed by atoms with Gasteiger partial charge in [0.25, 0.3) is 0 Å². The average molecular weight is 363 g/mol. The first kappa shape index (κ1) is 20.3. The van der Waals surface area contributed by atoms with Crippen LogP contribution < -0.4 is 5.19 Å². The van der Waals surface area contributed by atoms with Gasteiger partial charge in [-0.25, -0.2) is 0 Å². The molecular formula is C20H34N2O2Si. The maximum atomic E-state index is 6.35. The highest BCUT2D eigenvalue weighted by Gasteiger charge is 2.40. The van der Waals surface area contributed by atoms with Crippen molar-refractivity contribution in [2.45, 2.75) is 26.3 Å². The smallest absolute Gasteiger partial charge is 0.373 e. The normalized spacial score (nSPS) is 16.9. The predicted molar refractivity (Wildman–Crippen MR) is 109 cm³/mol. The zero-order chi connectivity index (χ0) is 18.1. The fourth-order valence-corrected chi connectivity index (χ4v) is 7.06. The third kappa shape index (κ3) is 5.49. The molecular weight excluding hydrogens is 328 g/mol. The van der Waals surface area contributed by atoms with Gasteiger partial charge in [0.05, 0.1) is 0 Å². The van der Waals surface area contributed by atoms with Gasteiger partial charge in [-0.2, -0.15) is 0 Å². The van der Waals surface area contributed by atoms with Gasteiger partial charge in [0.2, 0.25) is 0 Å². The molecule has 2 rings (SSSR count). The Balaban J connectivity index is 2.10. The Hall–Kier alpha value is -0.983. The van der Waals surface area contributed by atoms with Gasteiger partial charge in [0.15, 0.2) is 0 Å². The number of nitrogens with zero attached hydrogens (tertiary/aromatic N) is 2. The summed E-state index contributed by atoms with van der Waals surface area (Å²) in [4.78, 5) is 4.97. The molecule has 1 aliphatic heterocycles. The SMILES string of the molecule is C=Cc1ccccc1[Si](CCCN1CCN(C)CC1)(OCC)OCC. The van der Waals surface area contributed by atoms with Crippen LogP contribution in [-0.4, -0.2) is 71.3 Å². The Morgan fingerprint density at radius 1 is 1.08 bits per heavy atom. The Morgan fingerprint density at radius 3 is 2.32 bits per heavy atom. The highest BCUT2D eigenvalue weighted by Crippen LogP contribution is 2.20. The molecule has 0 aromatic heterocycles. The number of likely N-dealkylation sites (N-methyl/N-ethyl adjacent to an activating group) is 1. The van der Waals surface area contributed by atoms with Crippen molar-refractivity contribution in [1.82, 2.24) is 9.80 Å². The van der Waals surface area contributed by atoms with Crippen molar-refractivity contribution in [3.8, 4) is 0 Å². The standard InChI is InChI=1S/C20H34N2O2Si/c1-5-19-11-8-9-12-20(19)25(23-6-2,24-7-3)18-10-13-22-16-14-21(4)15-17-22/h5,8-9,11-12H,1,6-7,10,13-18H2,2-4H3. The molecule has 1 aliphatic rings. The molecule has 1 aromatic rings. The van der Waals surface area contributed by atoms with Crippen molar-refractivity contribution >= 4 is 19.8 Å². The van der Waals surface area contributed by atoms with Crippen LogP contribution >= 0.6 is 0 Å². The summed E-state index contributed by atoms with van der Waals surface area (Å²) in [6, 6.07) is 9.42. The van der Waals surface area contributed by atoms with Crippen LogP contribution in [0.1, 0.15) is 25.8 Å². The van der Waals surface area contributed by atoms with Gasteiger partial charge < -0.3 is 18.7 Å². The summed E-state index contributed by atoms with van der Waals surface area (Å²) in [7, 11) is -0.243. The van der Waals surface area contributed by atoms with Crippen molar-refractivity contribution in [2.75, 3.05) is 53.0 Å². The highest BCUT2D eigenvalue weighted by atomic mass is 28.4. The monoisotopic (exact) mass is 362 g/mol. The average Bonchev–Trinajstić information content (AvgIpc) is 2.63. The van der Waals surface area contributed by atoms with Crippen LogP contribution in [0.3, 0.4) is 0 Å². The molecule has 140 valence electrons. The second-order valence-electron chi connectivity index (χ2n) is 6.66. The largest absolute Gasteiger partial charge is 0.391 e. The van der Waals surface area contributed by atoms with Gasteiger partial charge in [0.1, 0.15) is 0 Å². The number of hydrogen-bond acceptors (Lipinski definition) is 4. The van der Waals surface area contributed by atoms with Crippen molar-refractivity contribution in [2.24, 2.45) is 0 Å². The van der Waals surface area contributed by atoms with Crippen LogP contribution in [0.15, 0.2) is 30.8 Å². The van der Waals surface area contributed by atoms with E-state index >= 15 is 0 Å². The van der Waals surface area contributed by atoms with Crippen LogP contribution in [0.5, 0.6) is 0 Å². The number of benzene rings is 1. The van der Waals surface area contributed by atoms with E-state index in [0.717, 1.165) is 37.7 Å². The predicted octanol–water partition coefficient (Wildman–Crippen LogP) is 2.69. The first-order valence-electron chi connectivity index (χ1n) is 9.56. The molecule has 0 N–H and O–H groups in total. The maximum absolute atomic E-state index is 6.35. The second kappa shape index (κ2) is 10.2. The lowest BCUT2D eigenvalue weighted by atomic mass is 10.2. The van der Waals surface area contributed by atoms with Crippen molar-refractivity contribution < 1.29 is 8.85 Å². The van der Waals surface area contributed by atoms with Gasteiger partial charge in [-0.3, -0.25) is 0 Å². The Kier molecular flexibility index (Phi) is 8.32. The molecule has 4 nitrogen and oxygen atoms in total. The molecule has 1 fully saturated rings. The number of piperazine rings is 1. The molecule has 5 heteroatoms. The first-order valence-corrected chi connectivity index (χ1v) is 11.6. The fourth-order valence-electron chi connectivity index (χ4n) is 3.57. The van der Waals surface area contributed by atoms with Gasteiger partial charge in [-0.05, 0) is 45.5 Å². The molecule has 0 bridgehead atoms. The molecule has 1 aromatic carbocycles. The lowest BCUT2D eigenvalue weighted by Crippen LogP contribution is -2.55. The summed E-state index contributed by atoms with van der Waals surface area (Å²) >= 11 is 0. The quantitative estimate of drug-likeness (QED) is 0.598. The molecule has 0 radical (unpaired) electrons. The molecule has 0 aliphatic carbocycles. The molecule has 0 saturated carbocycles. The molecule has 0 spiro atoms. The summed E-state index contributed by atoms with van der Waals surface area (Å²) < 4.78 is 12.7. The third-order valence-electron chi connectivity index (χ3n) is 4.92. The Morgan fingerprint density at radius 2 is 1.72 bits per heavy atom. The molecule has 1 saturated heterocycles. The summed E-state index contributed by atoms with van der Waals surface area (Å²) in [6.45, 7) is 15.3. The van der Waals surface area contributed by atoms with E-state index in [1.165, 1.54) is 18.3 Å². The molecule has 1 heterocycles. The van der Waals surface area contributed by atoms with E-state index in [0.29, 0.717) is 13.2 Å². The number of hydrogen-bond donors (Lipinski definition) is 0. The van der Waals surface area contributed by atoms with Crippen molar-refractivity contribution in [1.29, 1.82) is 0 Å². The molecule has 0 atom stereocenters. The molecule has 25 heavy (non-hydrogen) atoms. The lowest BCUT2D eigenvalue weighted by Gasteiger charge is -2.34. The van der Waals surface area contributed by atoms with E-state index in [1.54, 1.807) is 0 Å². The van der Waals surface area contributed by atoms with E-state index in [-0.39, 0.29) is 0 Å². The zero-order valence-corrected chi connectivity index (χ0v) is 17.2. The lowest BCUT2D eigenvalue weighted by molar-refractivity contribution is 0.151. The fraction of sp³-hybridized carbons (Fsp3) is 0.600. The summed E-state index contributed by atoms with van der Waals surface area (Å²) in [5, 5.41) is 1.23. The van der Waals surface area contributed by atoms with Gasteiger partial charge in [-0.1, -0.05) is 36.9 Å². The summed E-state index contributed by atoms with van der Waals surface area (Å²) in [6.07, 6.45) is 3.04. The Bertz CT molecular complexity index is 524. The van der Waals surface area contributed by atoms with Gasteiger partial charge >= 0.3 is 8.56 Å². The van der Waals surface area contributed by atoms with Crippen LogP contribution in [0.2, 0.25) is 6.04 Å². The van der Waals surface area contributed by atoms with Crippen LogP contribution in [0, 0.1) is 0 Å². The minimum atomic E-state index is -2.44. The molecule has 0 amide bonds. The van der Waals surface area contributed by atoms with Crippen molar-refractivity contribution in [3.05, 3.63) is 36.4 Å². The Labute approximate surface area is 154 Å². The number of rotatable bonds is 10. The van der Waals surface area contributed by atoms with Gasteiger partial charge in [-0.15, -0.1) is 0 Å². The van der Waals surface area contributed by atoms with E-state index in [4.69, 9.17) is 8.85 Å². The minimum absolute atomic E-state index is 0.687. The van der Waals surface area contributed by atoms with E-state index in [2.05, 4.69) is 61.5 Å². The van der Waals surface area contributed by atoms with Crippen LogP contribution in [0.4, 0.5) is 0 Å². The highest BCUT2D eigenvalue weighted by molar-refractivity contribution is 6.81. The minimum Gasteiger partial charge on any atom is -0.391 e. The van der Waals surface area contributed by atoms with Gasteiger partial charge in [0, 0.05) is 44.6 Å². The molecule has 0 unspecified atom stereocenters. The summed E-state index contributed by atoms with van der Waals surface area (Å²) in [5.74, 6) is 0. The second-order valence-corrected chi connectivity index (χ2v) is 9.78. The van der Waals surface area contributed by atoms with E-state index in [1.807, 2.05) is 6.08 Å². The maximum Gasteiger partial charge on any atom is 0.373 e. The first-order chi connectivity index (χ1) is 12.1. The van der Waals surface area contributed by atoms with Crippen LogP contribution in [0.25, 0.3) is 6.08 Å².